The quantitative estimate of drug-likeness (QED) is 0.628. The third-order valence-electron chi connectivity index (χ3n) is 3.73. The van der Waals surface area contributed by atoms with Gasteiger partial charge in [-0.3, -0.25) is 0 Å². The van der Waals surface area contributed by atoms with Crippen molar-refractivity contribution < 1.29 is 4.74 Å². The highest BCUT2D eigenvalue weighted by Crippen LogP contribution is 2.26. The molecule has 0 saturated carbocycles. The van der Waals surface area contributed by atoms with Crippen molar-refractivity contribution in [3.63, 3.8) is 0 Å². The molecule has 0 heterocycles. The van der Waals surface area contributed by atoms with Gasteiger partial charge in [-0.1, -0.05) is 50.1 Å². The molecule has 0 atom stereocenters. The first kappa shape index (κ1) is 14.2. The number of halogens is 2. The van der Waals surface area contributed by atoms with Crippen LogP contribution < -0.4 is 4.74 Å². The van der Waals surface area contributed by atoms with Gasteiger partial charge in [0.1, 0.15) is 12.4 Å². The van der Waals surface area contributed by atoms with Gasteiger partial charge >= 0.3 is 0 Å². The lowest BCUT2D eigenvalue weighted by Gasteiger charge is -2.10. The van der Waals surface area contributed by atoms with E-state index < -0.39 is 0 Å². The number of alkyl halides is 1. The topological polar surface area (TPSA) is 9.23 Å². The monoisotopic (exact) mass is 394 g/mol. The van der Waals surface area contributed by atoms with Gasteiger partial charge in [0.25, 0.3) is 0 Å². The molecule has 3 rings (SSSR count). The van der Waals surface area contributed by atoms with E-state index in [-0.39, 0.29) is 0 Å². The molecule has 0 bridgehead atoms. The summed E-state index contributed by atoms with van der Waals surface area (Å²) in [5.74, 6) is 0.920. The maximum Gasteiger partial charge on any atom is 0.120 e. The number of fused-ring (bicyclic) bond motifs is 1. The summed E-state index contributed by atoms with van der Waals surface area (Å²) in [6.07, 6.45) is 3.74. The average molecular weight is 396 g/mol. The van der Waals surface area contributed by atoms with Crippen LogP contribution >= 0.6 is 31.9 Å². The van der Waals surface area contributed by atoms with Crippen LogP contribution in [0.25, 0.3) is 0 Å². The van der Waals surface area contributed by atoms with Gasteiger partial charge in [-0.25, -0.2) is 0 Å². The van der Waals surface area contributed by atoms with Gasteiger partial charge < -0.3 is 4.74 Å². The third-order valence-corrected chi connectivity index (χ3v) is 5.11. The van der Waals surface area contributed by atoms with E-state index in [1.807, 2.05) is 12.1 Å². The van der Waals surface area contributed by atoms with Crippen LogP contribution in [0.15, 0.2) is 40.9 Å². The standard InChI is InChI=1S/C17H16Br2O/c18-10-15-9-16(6-7-17(15)19)20-11-12-4-5-13-2-1-3-14(13)8-12/h4-9H,1-3,10-11H2. The molecule has 0 saturated heterocycles. The van der Waals surface area contributed by atoms with Gasteiger partial charge in [-0.2, -0.15) is 0 Å². The van der Waals surface area contributed by atoms with Gasteiger partial charge in [0, 0.05) is 9.80 Å². The van der Waals surface area contributed by atoms with E-state index in [1.165, 1.54) is 41.5 Å². The first-order chi connectivity index (χ1) is 9.76. The zero-order chi connectivity index (χ0) is 13.9. The second-order valence-electron chi connectivity index (χ2n) is 5.13. The molecule has 0 N–H and O–H groups in total. The molecule has 1 aliphatic carbocycles. The van der Waals surface area contributed by atoms with E-state index >= 15 is 0 Å². The molecule has 3 heteroatoms. The summed E-state index contributed by atoms with van der Waals surface area (Å²) in [6.45, 7) is 0.636. The predicted octanol–water partition coefficient (Wildman–Crippen LogP) is 5.41. The van der Waals surface area contributed by atoms with E-state index in [1.54, 1.807) is 0 Å². The van der Waals surface area contributed by atoms with Gasteiger partial charge in [0.05, 0.1) is 0 Å². The van der Waals surface area contributed by atoms with Gasteiger partial charge in [0.2, 0.25) is 0 Å². The fourth-order valence-electron chi connectivity index (χ4n) is 2.62. The molecule has 2 aromatic rings. The van der Waals surface area contributed by atoms with Crippen molar-refractivity contribution in [2.24, 2.45) is 0 Å². The molecular formula is C17H16Br2O. The number of aryl methyl sites for hydroxylation is 2. The molecule has 0 spiro atoms. The van der Waals surface area contributed by atoms with Crippen molar-refractivity contribution in [1.29, 1.82) is 0 Å². The van der Waals surface area contributed by atoms with E-state index in [0.717, 1.165) is 15.6 Å². The molecule has 104 valence electrons. The number of benzene rings is 2. The van der Waals surface area contributed by atoms with Crippen molar-refractivity contribution in [1.82, 2.24) is 0 Å². The van der Waals surface area contributed by atoms with Gasteiger partial charge in [-0.15, -0.1) is 0 Å². The van der Waals surface area contributed by atoms with E-state index in [9.17, 15) is 0 Å². The lowest BCUT2D eigenvalue weighted by molar-refractivity contribution is 0.306. The van der Waals surface area contributed by atoms with Crippen LogP contribution in [0.2, 0.25) is 0 Å². The molecule has 0 aliphatic heterocycles. The first-order valence-corrected chi connectivity index (χ1v) is 8.75. The molecule has 2 aromatic carbocycles. The maximum atomic E-state index is 5.91. The summed E-state index contributed by atoms with van der Waals surface area (Å²) in [4.78, 5) is 0. The Bertz CT molecular complexity index is 611. The normalized spacial score (nSPS) is 13.3. The molecule has 1 nitrogen and oxygen atoms in total. The van der Waals surface area contributed by atoms with Gasteiger partial charge in [0.15, 0.2) is 0 Å². The van der Waals surface area contributed by atoms with Crippen LogP contribution in [0.1, 0.15) is 28.7 Å². The van der Waals surface area contributed by atoms with Crippen LogP contribution in [0.4, 0.5) is 0 Å². The van der Waals surface area contributed by atoms with E-state index in [0.29, 0.717) is 6.61 Å². The molecule has 0 radical (unpaired) electrons. The Hall–Kier alpha value is -0.800. The van der Waals surface area contributed by atoms with Crippen LogP contribution in [0, 0.1) is 0 Å². The van der Waals surface area contributed by atoms with Crippen molar-refractivity contribution in [2.75, 3.05) is 0 Å². The Balaban J connectivity index is 1.70. The fourth-order valence-corrected chi connectivity index (χ4v) is 3.85. The zero-order valence-electron chi connectivity index (χ0n) is 11.2. The number of rotatable bonds is 4. The maximum absolute atomic E-state index is 5.91. The number of hydrogen-bond acceptors (Lipinski definition) is 1. The molecule has 20 heavy (non-hydrogen) atoms. The number of ether oxygens (including phenoxy) is 1. The lowest BCUT2D eigenvalue weighted by Crippen LogP contribution is -1.97. The Morgan fingerprint density at radius 1 is 1.00 bits per heavy atom. The Morgan fingerprint density at radius 3 is 2.70 bits per heavy atom. The Morgan fingerprint density at radius 2 is 1.85 bits per heavy atom. The highest BCUT2D eigenvalue weighted by Gasteiger charge is 2.11. The summed E-state index contributed by atoms with van der Waals surface area (Å²) in [5.41, 5.74) is 5.48. The summed E-state index contributed by atoms with van der Waals surface area (Å²) in [5, 5.41) is 0.823. The van der Waals surface area contributed by atoms with Crippen LogP contribution in [-0.2, 0) is 24.8 Å². The molecule has 0 unspecified atom stereocenters. The molecule has 1 aliphatic rings. The lowest BCUT2D eigenvalue weighted by atomic mass is 10.1. The highest BCUT2D eigenvalue weighted by atomic mass is 79.9. The Labute approximate surface area is 136 Å². The van der Waals surface area contributed by atoms with E-state index in [4.69, 9.17) is 4.74 Å². The van der Waals surface area contributed by atoms with Crippen molar-refractivity contribution in [3.8, 4) is 5.75 Å². The summed E-state index contributed by atoms with van der Waals surface area (Å²) < 4.78 is 7.02. The van der Waals surface area contributed by atoms with Gasteiger partial charge in [-0.05, 0) is 59.7 Å². The molecular weight excluding hydrogens is 380 g/mol. The summed E-state index contributed by atoms with van der Waals surface area (Å²) in [7, 11) is 0. The van der Waals surface area contributed by atoms with Crippen LogP contribution in [-0.4, -0.2) is 0 Å². The number of hydrogen-bond donors (Lipinski definition) is 0. The zero-order valence-corrected chi connectivity index (χ0v) is 14.3. The molecule has 0 amide bonds. The average Bonchev–Trinajstić information content (AvgIpc) is 2.94. The minimum Gasteiger partial charge on any atom is -0.489 e. The summed E-state index contributed by atoms with van der Waals surface area (Å²) >= 11 is 7.02. The minimum atomic E-state index is 0.636. The minimum absolute atomic E-state index is 0.636. The Kier molecular flexibility index (Phi) is 4.47. The second-order valence-corrected chi connectivity index (χ2v) is 6.55. The van der Waals surface area contributed by atoms with Crippen molar-refractivity contribution in [2.45, 2.75) is 31.2 Å². The molecule has 0 aromatic heterocycles. The van der Waals surface area contributed by atoms with Crippen molar-refractivity contribution in [3.05, 3.63) is 63.1 Å². The fraction of sp³-hybridized carbons (Fsp3) is 0.294. The molecule has 0 fully saturated rings. The SMILES string of the molecule is BrCc1cc(OCc2ccc3c(c2)CCC3)ccc1Br. The van der Waals surface area contributed by atoms with Crippen molar-refractivity contribution >= 4 is 31.9 Å². The second kappa shape index (κ2) is 6.31. The largest absolute Gasteiger partial charge is 0.489 e. The predicted molar refractivity (Wildman–Crippen MR) is 89.6 cm³/mol. The van der Waals surface area contributed by atoms with Crippen LogP contribution in [0.3, 0.4) is 0 Å². The van der Waals surface area contributed by atoms with E-state index in [2.05, 4.69) is 56.1 Å². The smallest absolute Gasteiger partial charge is 0.120 e. The highest BCUT2D eigenvalue weighted by molar-refractivity contribution is 9.10. The van der Waals surface area contributed by atoms with Crippen LogP contribution in [0.5, 0.6) is 5.75 Å². The first-order valence-electron chi connectivity index (χ1n) is 6.84. The summed E-state index contributed by atoms with van der Waals surface area (Å²) in [6, 6.07) is 12.9. The third kappa shape index (κ3) is 3.09.